The van der Waals surface area contributed by atoms with Gasteiger partial charge in [0.15, 0.2) is 0 Å². The van der Waals surface area contributed by atoms with E-state index in [0.29, 0.717) is 18.7 Å². The predicted octanol–water partition coefficient (Wildman–Crippen LogP) is 0.905. The highest BCUT2D eigenvalue weighted by molar-refractivity contribution is 5.95. The van der Waals surface area contributed by atoms with Crippen LogP contribution in [0.2, 0.25) is 0 Å². The van der Waals surface area contributed by atoms with E-state index in [1.165, 1.54) is 22.2 Å². The number of morpholine rings is 1. The standard InChI is InChI=1S/C26H32N4O4/c31-25(28-33)10-7-20-5-8-21(9-6-20)26(32)30(14-13-29-15-17-34-18-16-29)12-11-22-19-27-24-4-2-1-3-23(22)24/h3-10,19,27,33H,1-2,11-18H2,(H,28,31)/b10-7+. The van der Waals surface area contributed by atoms with Crippen LogP contribution in [0.5, 0.6) is 0 Å². The molecule has 0 spiro atoms. The van der Waals surface area contributed by atoms with Gasteiger partial charge >= 0.3 is 0 Å². The normalized spacial score (nSPS) is 15.9. The van der Waals surface area contributed by atoms with Crippen molar-refractivity contribution < 1.29 is 19.5 Å². The van der Waals surface area contributed by atoms with Crippen molar-refractivity contribution in [2.45, 2.75) is 19.3 Å². The van der Waals surface area contributed by atoms with Crippen molar-refractivity contribution in [1.82, 2.24) is 20.3 Å². The third-order valence-corrected chi connectivity index (χ3v) is 6.32. The van der Waals surface area contributed by atoms with E-state index in [-0.39, 0.29) is 5.91 Å². The lowest BCUT2D eigenvalue weighted by atomic mass is 10.1. The topological polar surface area (TPSA) is 97.9 Å². The first-order valence-corrected chi connectivity index (χ1v) is 11.8. The molecule has 0 radical (unpaired) electrons. The molecule has 1 fully saturated rings. The monoisotopic (exact) mass is 464 g/mol. The van der Waals surface area contributed by atoms with Gasteiger partial charge in [0.05, 0.1) is 13.2 Å². The van der Waals surface area contributed by atoms with Gasteiger partial charge < -0.3 is 14.6 Å². The number of carbonyl (C=O) groups is 2. The molecule has 0 unspecified atom stereocenters. The van der Waals surface area contributed by atoms with Gasteiger partial charge in [0.1, 0.15) is 0 Å². The van der Waals surface area contributed by atoms with Crippen LogP contribution in [0.1, 0.15) is 34.3 Å². The van der Waals surface area contributed by atoms with Crippen molar-refractivity contribution >= 4 is 30.0 Å². The summed E-state index contributed by atoms with van der Waals surface area (Å²) in [6, 6.07) is 7.15. The summed E-state index contributed by atoms with van der Waals surface area (Å²) in [5, 5.41) is 11.1. The summed E-state index contributed by atoms with van der Waals surface area (Å²) in [6.07, 6.45) is 12.3. The number of aromatic amines is 1. The van der Waals surface area contributed by atoms with Gasteiger partial charge in [-0.3, -0.25) is 19.7 Å². The van der Waals surface area contributed by atoms with Crippen molar-refractivity contribution in [2.75, 3.05) is 45.9 Å². The molecule has 1 aliphatic heterocycles. The van der Waals surface area contributed by atoms with Crippen molar-refractivity contribution in [1.29, 1.82) is 0 Å². The molecule has 2 aromatic rings. The fourth-order valence-electron chi connectivity index (χ4n) is 4.35. The van der Waals surface area contributed by atoms with Gasteiger partial charge in [0, 0.05) is 55.9 Å². The van der Waals surface area contributed by atoms with Crippen LogP contribution in [0.4, 0.5) is 0 Å². The highest BCUT2D eigenvalue weighted by Gasteiger charge is 2.19. The zero-order chi connectivity index (χ0) is 23.8. The SMILES string of the molecule is O=C(/C=C/c1ccc(C(=O)N(CCc2c[nH]c3c2=CCCC=3)CCN2CCOCC2)cc1)NO. The van der Waals surface area contributed by atoms with Gasteiger partial charge in [-0.05, 0) is 53.8 Å². The first-order chi connectivity index (χ1) is 16.6. The molecule has 3 N–H and O–H groups in total. The minimum absolute atomic E-state index is 0.00293. The lowest BCUT2D eigenvalue weighted by Crippen LogP contribution is -2.44. The number of hydroxylamine groups is 1. The van der Waals surface area contributed by atoms with Gasteiger partial charge in [-0.1, -0.05) is 24.3 Å². The van der Waals surface area contributed by atoms with E-state index in [2.05, 4.69) is 28.2 Å². The molecule has 1 aromatic carbocycles. The number of ether oxygens (including phenoxy) is 1. The number of carbonyl (C=O) groups excluding carboxylic acids is 2. The second kappa shape index (κ2) is 11.8. The molecule has 1 saturated heterocycles. The second-order valence-electron chi connectivity index (χ2n) is 8.55. The Morgan fingerprint density at radius 3 is 2.65 bits per heavy atom. The Kier molecular flexibility index (Phi) is 8.30. The van der Waals surface area contributed by atoms with Gasteiger partial charge in [-0.2, -0.15) is 0 Å². The number of nitrogens with zero attached hydrogens (tertiary/aromatic N) is 2. The minimum atomic E-state index is -0.601. The number of hydrogen-bond donors (Lipinski definition) is 3. The minimum Gasteiger partial charge on any atom is -0.379 e. The summed E-state index contributed by atoms with van der Waals surface area (Å²) in [7, 11) is 0. The van der Waals surface area contributed by atoms with E-state index in [1.807, 2.05) is 4.90 Å². The number of H-pyrrole nitrogens is 1. The molecule has 0 bridgehead atoms. The second-order valence-corrected chi connectivity index (χ2v) is 8.55. The fraction of sp³-hybridized carbons (Fsp3) is 0.385. The predicted molar refractivity (Wildman–Crippen MR) is 130 cm³/mol. The van der Waals surface area contributed by atoms with Crippen LogP contribution in [0.25, 0.3) is 18.2 Å². The van der Waals surface area contributed by atoms with Crippen LogP contribution in [0, 0.1) is 0 Å². The average Bonchev–Trinajstić information content (AvgIpc) is 3.31. The van der Waals surface area contributed by atoms with Gasteiger partial charge in [0.25, 0.3) is 11.8 Å². The molecule has 0 saturated carbocycles. The maximum atomic E-state index is 13.4. The smallest absolute Gasteiger partial charge is 0.267 e. The molecule has 1 aliphatic carbocycles. The van der Waals surface area contributed by atoms with E-state index in [4.69, 9.17) is 9.94 Å². The summed E-state index contributed by atoms with van der Waals surface area (Å²) in [5.41, 5.74) is 4.19. The van der Waals surface area contributed by atoms with Crippen molar-refractivity contribution in [3.63, 3.8) is 0 Å². The Hall–Kier alpha value is -3.20. The number of hydrogen-bond acceptors (Lipinski definition) is 5. The first-order valence-electron chi connectivity index (χ1n) is 11.8. The quantitative estimate of drug-likeness (QED) is 0.291. The van der Waals surface area contributed by atoms with Crippen LogP contribution < -0.4 is 16.0 Å². The Balaban J connectivity index is 1.46. The third kappa shape index (κ3) is 6.22. The summed E-state index contributed by atoms with van der Waals surface area (Å²) in [6.45, 7) is 5.36. The molecule has 0 atom stereocenters. The molecule has 1 aromatic heterocycles. The van der Waals surface area contributed by atoms with Crippen LogP contribution in [-0.4, -0.2) is 77.7 Å². The molecule has 180 valence electrons. The van der Waals surface area contributed by atoms with Crippen molar-refractivity contribution in [3.8, 4) is 0 Å². The average molecular weight is 465 g/mol. The summed E-state index contributed by atoms with van der Waals surface area (Å²) in [5.74, 6) is -0.604. The van der Waals surface area contributed by atoms with Crippen LogP contribution in [0.15, 0.2) is 36.5 Å². The highest BCUT2D eigenvalue weighted by Crippen LogP contribution is 2.11. The lowest BCUT2D eigenvalue weighted by Gasteiger charge is -2.30. The number of benzene rings is 1. The molecule has 2 aliphatic rings. The Morgan fingerprint density at radius 1 is 1.12 bits per heavy atom. The van der Waals surface area contributed by atoms with E-state index < -0.39 is 5.91 Å². The molecule has 2 amide bonds. The number of aromatic nitrogens is 1. The summed E-state index contributed by atoms with van der Waals surface area (Å²) in [4.78, 5) is 32.3. The third-order valence-electron chi connectivity index (χ3n) is 6.32. The number of nitrogens with one attached hydrogen (secondary N) is 2. The molecule has 8 heteroatoms. The van der Waals surface area contributed by atoms with Crippen LogP contribution in [-0.2, 0) is 16.0 Å². The zero-order valence-electron chi connectivity index (χ0n) is 19.3. The Labute approximate surface area is 199 Å². The molecular formula is C26H32N4O4. The molecule has 34 heavy (non-hydrogen) atoms. The Morgan fingerprint density at radius 2 is 1.88 bits per heavy atom. The highest BCUT2D eigenvalue weighted by atomic mass is 16.5. The van der Waals surface area contributed by atoms with E-state index in [9.17, 15) is 9.59 Å². The number of fused-ring (bicyclic) bond motifs is 1. The van der Waals surface area contributed by atoms with Crippen LogP contribution in [0.3, 0.4) is 0 Å². The zero-order valence-corrected chi connectivity index (χ0v) is 19.3. The fourth-order valence-corrected chi connectivity index (χ4v) is 4.35. The van der Waals surface area contributed by atoms with Gasteiger partial charge in [0.2, 0.25) is 0 Å². The number of amides is 2. The van der Waals surface area contributed by atoms with Crippen molar-refractivity contribution in [3.05, 3.63) is 63.8 Å². The van der Waals surface area contributed by atoms with Crippen LogP contribution >= 0.6 is 0 Å². The Bertz CT molecular complexity index is 1130. The van der Waals surface area contributed by atoms with E-state index in [0.717, 1.165) is 57.7 Å². The van der Waals surface area contributed by atoms with Gasteiger partial charge in [-0.15, -0.1) is 0 Å². The molecule has 2 heterocycles. The maximum absolute atomic E-state index is 13.4. The van der Waals surface area contributed by atoms with E-state index >= 15 is 0 Å². The van der Waals surface area contributed by atoms with E-state index in [1.54, 1.807) is 35.8 Å². The van der Waals surface area contributed by atoms with Gasteiger partial charge in [-0.25, -0.2) is 5.48 Å². The largest absolute Gasteiger partial charge is 0.379 e. The molecule has 8 nitrogen and oxygen atoms in total. The molecule has 4 rings (SSSR count). The first kappa shape index (κ1) is 23.9. The van der Waals surface area contributed by atoms with Crippen molar-refractivity contribution in [2.24, 2.45) is 0 Å². The lowest BCUT2D eigenvalue weighted by molar-refractivity contribution is -0.124. The summed E-state index contributed by atoms with van der Waals surface area (Å²) < 4.78 is 5.45. The number of rotatable bonds is 9. The molecular weight excluding hydrogens is 432 g/mol. The maximum Gasteiger partial charge on any atom is 0.267 e. The summed E-state index contributed by atoms with van der Waals surface area (Å²) >= 11 is 0.